The summed E-state index contributed by atoms with van der Waals surface area (Å²) in [6.45, 7) is 8.15. The van der Waals surface area contributed by atoms with E-state index in [2.05, 4.69) is 48.9 Å². The van der Waals surface area contributed by atoms with Crippen LogP contribution in [0.1, 0.15) is 55.3 Å². The molecule has 0 aliphatic carbocycles. The summed E-state index contributed by atoms with van der Waals surface area (Å²) < 4.78 is 5.23. The van der Waals surface area contributed by atoms with Crippen LogP contribution < -0.4 is 0 Å². The molecule has 8 heteroatoms. The quantitative estimate of drug-likeness (QED) is 0.545. The van der Waals surface area contributed by atoms with Crippen LogP contribution in [-0.2, 0) is 14.3 Å². The molecule has 1 aromatic carbocycles. The Morgan fingerprint density at radius 2 is 1.94 bits per heavy atom. The van der Waals surface area contributed by atoms with Gasteiger partial charge in [-0.25, -0.2) is 9.79 Å². The number of piperidine rings is 1. The lowest BCUT2D eigenvalue weighted by atomic mass is 9.89. The highest BCUT2D eigenvalue weighted by Gasteiger charge is 2.42. The number of esters is 1. The molecule has 188 valence electrons. The number of hydrogen-bond donors (Lipinski definition) is 0. The number of allylic oxidation sites excluding steroid dienone is 1. The maximum atomic E-state index is 13.4. The second-order valence-corrected chi connectivity index (χ2v) is 10.5. The van der Waals surface area contributed by atoms with Crippen molar-refractivity contribution in [3.63, 3.8) is 0 Å². The number of carbonyl (C=O) groups is 2. The van der Waals surface area contributed by atoms with Crippen LogP contribution in [-0.4, -0.2) is 72.1 Å². The first kappa shape index (κ1) is 25.5. The van der Waals surface area contributed by atoms with Gasteiger partial charge in [0.25, 0.3) is 0 Å². The molecule has 7 nitrogen and oxygen atoms in total. The minimum absolute atomic E-state index is 0.0944. The van der Waals surface area contributed by atoms with Crippen molar-refractivity contribution in [3.8, 4) is 0 Å². The normalized spacial score (nSPS) is 21.0. The van der Waals surface area contributed by atoms with Crippen molar-refractivity contribution < 1.29 is 14.3 Å². The number of amides is 1. The minimum Gasteiger partial charge on any atom is -0.466 e. The lowest BCUT2D eigenvalue weighted by Crippen LogP contribution is -2.45. The zero-order chi connectivity index (χ0) is 25.3. The molecular formula is C27H36N4O3S. The van der Waals surface area contributed by atoms with Crippen LogP contribution in [0.3, 0.4) is 0 Å². The summed E-state index contributed by atoms with van der Waals surface area (Å²) in [6.07, 6.45) is 2.87. The van der Waals surface area contributed by atoms with Crippen molar-refractivity contribution in [1.82, 2.24) is 14.7 Å². The molecule has 1 amide bonds. The Morgan fingerprint density at radius 3 is 2.57 bits per heavy atom. The largest absolute Gasteiger partial charge is 0.466 e. The first-order valence-electron chi connectivity index (χ1n) is 12.3. The highest BCUT2D eigenvalue weighted by molar-refractivity contribution is 8.16. The third-order valence-corrected chi connectivity index (χ3v) is 8.20. The smallest absolute Gasteiger partial charge is 0.338 e. The van der Waals surface area contributed by atoms with Crippen molar-refractivity contribution in [2.75, 3.05) is 34.3 Å². The molecule has 0 spiro atoms. The van der Waals surface area contributed by atoms with E-state index in [1.807, 2.05) is 24.3 Å². The number of carbonyl (C=O) groups excluding carboxylic acids is 2. The molecule has 1 unspecified atom stereocenters. The van der Waals surface area contributed by atoms with Crippen LogP contribution in [0.5, 0.6) is 0 Å². The predicted molar refractivity (Wildman–Crippen MR) is 141 cm³/mol. The van der Waals surface area contributed by atoms with E-state index >= 15 is 0 Å². The number of nitrogens with zero attached hydrogens (tertiary/aromatic N) is 4. The van der Waals surface area contributed by atoms with Crippen LogP contribution in [0.4, 0.5) is 0 Å². The highest BCUT2D eigenvalue weighted by Crippen LogP contribution is 2.46. The maximum absolute atomic E-state index is 13.4. The molecule has 1 fully saturated rings. The van der Waals surface area contributed by atoms with Gasteiger partial charge in [0.1, 0.15) is 0 Å². The number of rotatable bonds is 6. The first-order chi connectivity index (χ1) is 16.7. The zero-order valence-electron chi connectivity index (χ0n) is 21.6. The summed E-state index contributed by atoms with van der Waals surface area (Å²) in [7, 11) is 5.46. The Hall–Kier alpha value is -2.58. The Bertz CT molecular complexity index is 1100. The number of ether oxygens (including phenoxy) is 1. The topological polar surface area (TPSA) is 65.5 Å². The van der Waals surface area contributed by atoms with Gasteiger partial charge in [0.15, 0.2) is 5.17 Å². The van der Waals surface area contributed by atoms with Gasteiger partial charge >= 0.3 is 5.97 Å². The summed E-state index contributed by atoms with van der Waals surface area (Å²) in [5, 5.41) is 2.83. The fraction of sp³-hybridized carbons (Fsp3) is 0.519. The summed E-state index contributed by atoms with van der Waals surface area (Å²) in [5.41, 5.74) is 5.45. The number of likely N-dealkylation sites (tertiary alicyclic amines) is 1. The third kappa shape index (κ3) is 5.05. The number of thioether (sulfide) groups is 1. The van der Waals surface area contributed by atoms with Crippen molar-refractivity contribution >= 4 is 28.8 Å². The van der Waals surface area contributed by atoms with E-state index in [-0.39, 0.29) is 30.4 Å². The van der Waals surface area contributed by atoms with E-state index in [1.165, 1.54) is 18.9 Å². The molecule has 0 N–H and O–H groups in total. The molecular weight excluding hydrogens is 460 g/mol. The molecule has 0 saturated carbocycles. The SMILES string of the molecule is CCC1=C(C(=O)OC)C(c2ccc(C)cc2C)N2C(CC(=O)N(C)C3CCN(C)CC3)=CSC2=N1. The van der Waals surface area contributed by atoms with Crippen LogP contribution in [0.25, 0.3) is 0 Å². The highest BCUT2D eigenvalue weighted by atomic mass is 32.2. The van der Waals surface area contributed by atoms with Gasteiger partial charge in [0, 0.05) is 18.8 Å². The Labute approximate surface area is 212 Å². The van der Waals surface area contributed by atoms with Gasteiger partial charge in [-0.05, 0) is 69.8 Å². The van der Waals surface area contributed by atoms with Gasteiger partial charge < -0.3 is 19.4 Å². The van der Waals surface area contributed by atoms with E-state index in [1.54, 1.807) is 0 Å². The fourth-order valence-electron chi connectivity index (χ4n) is 5.20. The third-order valence-electron chi connectivity index (χ3n) is 7.31. The number of hydrogen-bond acceptors (Lipinski definition) is 7. The van der Waals surface area contributed by atoms with Crippen LogP contribution in [0.15, 0.2) is 45.6 Å². The standard InChI is InChI=1S/C27H36N4O3S/c1-7-22-24(26(33)34-6)25(21-9-8-17(2)14-18(21)3)31-20(16-35-27(31)28-22)15-23(32)30(5)19-10-12-29(4)13-11-19/h8-9,14,16,19,25H,7,10-13,15H2,1-6H3. The molecule has 4 rings (SSSR count). The van der Waals surface area contributed by atoms with E-state index in [0.717, 1.165) is 59.2 Å². The van der Waals surface area contributed by atoms with E-state index in [4.69, 9.17) is 9.73 Å². The Kier molecular flexibility index (Phi) is 7.71. The molecule has 35 heavy (non-hydrogen) atoms. The summed E-state index contributed by atoms with van der Waals surface area (Å²) in [5.74, 6) is -0.280. The monoisotopic (exact) mass is 496 g/mol. The van der Waals surface area contributed by atoms with E-state index < -0.39 is 0 Å². The molecule has 3 aliphatic heterocycles. The Balaban J connectivity index is 1.68. The second kappa shape index (κ2) is 10.6. The zero-order valence-corrected chi connectivity index (χ0v) is 22.4. The molecule has 0 bridgehead atoms. The van der Waals surface area contributed by atoms with Crippen LogP contribution in [0, 0.1) is 13.8 Å². The number of fused-ring (bicyclic) bond motifs is 1. The molecule has 1 aromatic rings. The minimum atomic E-state index is -0.381. The average Bonchev–Trinajstić information content (AvgIpc) is 3.24. The molecule has 1 saturated heterocycles. The van der Waals surface area contributed by atoms with Crippen LogP contribution in [0.2, 0.25) is 0 Å². The molecule has 0 radical (unpaired) electrons. The van der Waals surface area contributed by atoms with E-state index in [9.17, 15) is 9.59 Å². The second-order valence-electron chi connectivity index (χ2n) is 9.68. The average molecular weight is 497 g/mol. The van der Waals surface area contributed by atoms with Crippen molar-refractivity contribution in [3.05, 3.63) is 57.3 Å². The van der Waals surface area contributed by atoms with Crippen LogP contribution >= 0.6 is 11.8 Å². The van der Waals surface area contributed by atoms with Gasteiger partial charge in [-0.1, -0.05) is 42.4 Å². The molecule has 1 atom stereocenters. The van der Waals surface area contributed by atoms with E-state index in [0.29, 0.717) is 12.0 Å². The number of aliphatic imine (C=N–C) groups is 1. The van der Waals surface area contributed by atoms with Crippen molar-refractivity contribution in [2.24, 2.45) is 4.99 Å². The van der Waals surface area contributed by atoms with Gasteiger partial charge in [0.05, 0.1) is 30.8 Å². The van der Waals surface area contributed by atoms with Gasteiger partial charge in [0.2, 0.25) is 5.91 Å². The number of aryl methyl sites for hydroxylation is 2. The lowest BCUT2D eigenvalue weighted by Gasteiger charge is -2.38. The lowest BCUT2D eigenvalue weighted by molar-refractivity contribution is -0.136. The molecule has 3 heterocycles. The van der Waals surface area contributed by atoms with Crippen molar-refractivity contribution in [1.29, 1.82) is 0 Å². The molecule has 3 aliphatic rings. The number of methoxy groups -OCH3 is 1. The van der Waals surface area contributed by atoms with Gasteiger partial charge in [-0.3, -0.25) is 4.79 Å². The van der Waals surface area contributed by atoms with Gasteiger partial charge in [-0.2, -0.15) is 0 Å². The Morgan fingerprint density at radius 1 is 1.23 bits per heavy atom. The maximum Gasteiger partial charge on any atom is 0.338 e. The summed E-state index contributed by atoms with van der Waals surface area (Å²) >= 11 is 1.52. The number of amidine groups is 1. The summed E-state index contributed by atoms with van der Waals surface area (Å²) in [4.78, 5) is 37.6. The predicted octanol–water partition coefficient (Wildman–Crippen LogP) is 4.38. The van der Waals surface area contributed by atoms with Crippen molar-refractivity contribution in [2.45, 2.75) is 58.5 Å². The fourth-order valence-corrected chi connectivity index (χ4v) is 6.14. The number of benzene rings is 1. The first-order valence-corrected chi connectivity index (χ1v) is 13.2. The summed E-state index contributed by atoms with van der Waals surface area (Å²) in [6, 6.07) is 6.16. The van der Waals surface area contributed by atoms with Gasteiger partial charge in [-0.15, -0.1) is 0 Å². The molecule has 0 aromatic heterocycles.